The van der Waals surface area contributed by atoms with Crippen LogP contribution in [0.2, 0.25) is 0 Å². The van der Waals surface area contributed by atoms with Crippen molar-refractivity contribution in [2.24, 2.45) is 7.05 Å². The molecule has 3 heterocycles. The van der Waals surface area contributed by atoms with Crippen LogP contribution in [0.5, 0.6) is 0 Å². The third-order valence-corrected chi connectivity index (χ3v) is 4.43. The Kier molecular flexibility index (Phi) is 4.07. The summed E-state index contributed by atoms with van der Waals surface area (Å²) in [7, 11) is 1.68. The molecule has 6 heteroatoms. The van der Waals surface area contributed by atoms with Crippen molar-refractivity contribution >= 4 is 5.91 Å². The zero-order chi connectivity index (χ0) is 16.6. The lowest BCUT2D eigenvalue weighted by atomic mass is 10.0. The van der Waals surface area contributed by atoms with Crippen LogP contribution in [0.25, 0.3) is 0 Å². The summed E-state index contributed by atoms with van der Waals surface area (Å²) in [6, 6.07) is 5.38. The van der Waals surface area contributed by atoms with Crippen molar-refractivity contribution in [1.29, 1.82) is 0 Å². The van der Waals surface area contributed by atoms with Gasteiger partial charge in [0, 0.05) is 43.7 Å². The van der Waals surface area contributed by atoms with E-state index >= 15 is 0 Å². The van der Waals surface area contributed by atoms with Gasteiger partial charge in [0.25, 0.3) is 11.5 Å². The predicted octanol–water partition coefficient (Wildman–Crippen LogP) is 1.68. The Morgan fingerprint density at radius 3 is 2.74 bits per heavy atom. The number of carbonyl (C=O) groups excluding carboxylic acids is 1. The van der Waals surface area contributed by atoms with Crippen molar-refractivity contribution < 1.29 is 4.79 Å². The second-order valence-electron chi connectivity index (χ2n) is 6.28. The molecule has 1 aliphatic heterocycles. The number of piperidine rings is 1. The van der Waals surface area contributed by atoms with E-state index in [4.69, 9.17) is 0 Å². The second-order valence-corrected chi connectivity index (χ2v) is 6.28. The first-order valence-electron chi connectivity index (χ1n) is 7.94. The molecule has 0 saturated carbocycles. The van der Waals surface area contributed by atoms with Gasteiger partial charge in [0.1, 0.15) is 0 Å². The molecule has 3 rings (SSSR count). The number of amides is 1. The van der Waals surface area contributed by atoms with Crippen LogP contribution in [0, 0.1) is 13.8 Å². The monoisotopic (exact) mass is 314 g/mol. The molecule has 2 aromatic rings. The zero-order valence-corrected chi connectivity index (χ0v) is 13.8. The van der Waals surface area contributed by atoms with E-state index < -0.39 is 0 Å². The van der Waals surface area contributed by atoms with E-state index in [0.717, 1.165) is 30.8 Å². The molecule has 0 spiro atoms. The summed E-state index contributed by atoms with van der Waals surface area (Å²) in [6.45, 7) is 5.39. The first-order valence-corrected chi connectivity index (χ1v) is 7.94. The van der Waals surface area contributed by atoms with Crippen molar-refractivity contribution in [1.82, 2.24) is 19.2 Å². The summed E-state index contributed by atoms with van der Waals surface area (Å²) in [5.74, 6) is -0.0751. The molecule has 2 aromatic heterocycles. The van der Waals surface area contributed by atoms with E-state index in [1.807, 2.05) is 23.4 Å². The molecule has 0 radical (unpaired) electrons. The highest BCUT2D eigenvalue weighted by atomic mass is 16.2. The molecule has 1 atom stereocenters. The van der Waals surface area contributed by atoms with Gasteiger partial charge in [0.2, 0.25) is 0 Å². The molecule has 1 saturated heterocycles. The lowest BCUT2D eigenvalue weighted by Gasteiger charge is -2.33. The minimum absolute atomic E-state index is 0.0751. The highest BCUT2D eigenvalue weighted by molar-refractivity contribution is 5.94. The lowest BCUT2D eigenvalue weighted by Crippen LogP contribution is -2.41. The molecule has 122 valence electrons. The lowest BCUT2D eigenvalue weighted by molar-refractivity contribution is 0.0671. The summed E-state index contributed by atoms with van der Waals surface area (Å²) < 4.78 is 3.49. The number of pyridine rings is 1. The van der Waals surface area contributed by atoms with Crippen molar-refractivity contribution in [3.63, 3.8) is 0 Å². The van der Waals surface area contributed by atoms with Crippen LogP contribution in [0.15, 0.2) is 29.2 Å². The van der Waals surface area contributed by atoms with E-state index in [2.05, 4.69) is 11.2 Å². The summed E-state index contributed by atoms with van der Waals surface area (Å²) >= 11 is 0. The molecule has 23 heavy (non-hydrogen) atoms. The summed E-state index contributed by atoms with van der Waals surface area (Å²) in [5.41, 5.74) is 2.41. The van der Waals surface area contributed by atoms with Crippen molar-refractivity contribution in [3.05, 3.63) is 51.7 Å². The van der Waals surface area contributed by atoms with E-state index in [0.29, 0.717) is 12.1 Å². The Hall–Kier alpha value is -2.37. The summed E-state index contributed by atoms with van der Waals surface area (Å²) in [6.07, 6.45) is 3.60. The maximum absolute atomic E-state index is 12.7. The van der Waals surface area contributed by atoms with Gasteiger partial charge in [-0.05, 0) is 38.8 Å². The number of aryl methyl sites for hydroxylation is 3. The topological polar surface area (TPSA) is 60.1 Å². The Labute approximate surface area is 135 Å². The number of hydrogen-bond acceptors (Lipinski definition) is 3. The van der Waals surface area contributed by atoms with Crippen LogP contribution in [0.3, 0.4) is 0 Å². The minimum atomic E-state index is -0.164. The SMILES string of the molecule is Cc1cc(C)n(C2CCCN(C(=O)c3ccn(C)c(=O)c3)C2)n1. The molecule has 1 aliphatic rings. The van der Waals surface area contributed by atoms with Crippen LogP contribution in [-0.2, 0) is 7.05 Å². The molecule has 6 nitrogen and oxygen atoms in total. The first kappa shape index (κ1) is 15.5. The summed E-state index contributed by atoms with van der Waals surface area (Å²) in [4.78, 5) is 26.2. The Morgan fingerprint density at radius 1 is 1.30 bits per heavy atom. The molecule has 1 amide bonds. The van der Waals surface area contributed by atoms with E-state index in [9.17, 15) is 9.59 Å². The van der Waals surface area contributed by atoms with Crippen LogP contribution < -0.4 is 5.56 Å². The maximum Gasteiger partial charge on any atom is 0.254 e. The number of rotatable bonds is 2. The smallest absolute Gasteiger partial charge is 0.254 e. The van der Waals surface area contributed by atoms with Gasteiger partial charge in [-0.1, -0.05) is 0 Å². The number of likely N-dealkylation sites (tertiary alicyclic amines) is 1. The van der Waals surface area contributed by atoms with Gasteiger partial charge in [-0.25, -0.2) is 0 Å². The average molecular weight is 314 g/mol. The average Bonchev–Trinajstić information content (AvgIpc) is 2.88. The Bertz CT molecular complexity index is 790. The van der Waals surface area contributed by atoms with Crippen LogP contribution in [0.4, 0.5) is 0 Å². The highest BCUT2D eigenvalue weighted by Gasteiger charge is 2.27. The molecule has 0 aromatic carbocycles. The molecule has 1 unspecified atom stereocenters. The molecule has 0 aliphatic carbocycles. The van der Waals surface area contributed by atoms with Gasteiger partial charge in [-0.3, -0.25) is 14.3 Å². The second kappa shape index (κ2) is 6.02. The largest absolute Gasteiger partial charge is 0.336 e. The highest BCUT2D eigenvalue weighted by Crippen LogP contribution is 2.24. The molecule has 0 bridgehead atoms. The third kappa shape index (κ3) is 3.06. The van der Waals surface area contributed by atoms with Gasteiger partial charge in [-0.15, -0.1) is 0 Å². The maximum atomic E-state index is 12.7. The Balaban J connectivity index is 1.80. The normalized spacial score (nSPS) is 18.2. The van der Waals surface area contributed by atoms with Crippen LogP contribution in [0.1, 0.15) is 40.6 Å². The van der Waals surface area contributed by atoms with Crippen LogP contribution >= 0.6 is 0 Å². The fraction of sp³-hybridized carbons (Fsp3) is 0.471. The fourth-order valence-electron chi connectivity index (χ4n) is 3.22. The number of nitrogens with zero attached hydrogens (tertiary/aromatic N) is 4. The standard InChI is InChI=1S/C17H22N4O2/c1-12-9-13(2)21(18-12)15-5-4-7-20(11-15)17(23)14-6-8-19(3)16(22)10-14/h6,8-10,15H,4-5,7,11H2,1-3H3. The zero-order valence-electron chi connectivity index (χ0n) is 13.8. The summed E-state index contributed by atoms with van der Waals surface area (Å²) in [5, 5.41) is 4.55. The van der Waals surface area contributed by atoms with Gasteiger partial charge >= 0.3 is 0 Å². The fourth-order valence-corrected chi connectivity index (χ4v) is 3.22. The number of aromatic nitrogens is 3. The predicted molar refractivity (Wildman–Crippen MR) is 87.6 cm³/mol. The van der Waals surface area contributed by atoms with Gasteiger partial charge in [0.15, 0.2) is 0 Å². The van der Waals surface area contributed by atoms with E-state index in [1.165, 1.54) is 10.6 Å². The number of hydrogen-bond donors (Lipinski definition) is 0. The van der Waals surface area contributed by atoms with Crippen molar-refractivity contribution in [3.8, 4) is 0 Å². The molecule has 0 N–H and O–H groups in total. The van der Waals surface area contributed by atoms with Crippen molar-refractivity contribution in [2.75, 3.05) is 13.1 Å². The van der Waals surface area contributed by atoms with Gasteiger partial charge in [0.05, 0.1) is 11.7 Å². The first-order chi connectivity index (χ1) is 11.0. The van der Waals surface area contributed by atoms with E-state index in [1.54, 1.807) is 19.3 Å². The van der Waals surface area contributed by atoms with Crippen LogP contribution in [-0.4, -0.2) is 38.2 Å². The van der Waals surface area contributed by atoms with Gasteiger partial charge < -0.3 is 9.47 Å². The quantitative estimate of drug-likeness (QED) is 0.847. The van der Waals surface area contributed by atoms with E-state index in [-0.39, 0.29) is 17.5 Å². The molecular weight excluding hydrogens is 292 g/mol. The number of carbonyl (C=O) groups is 1. The van der Waals surface area contributed by atoms with Gasteiger partial charge in [-0.2, -0.15) is 5.10 Å². The molecular formula is C17H22N4O2. The minimum Gasteiger partial charge on any atom is -0.336 e. The molecule has 1 fully saturated rings. The van der Waals surface area contributed by atoms with Crippen molar-refractivity contribution in [2.45, 2.75) is 32.7 Å². The Morgan fingerprint density at radius 2 is 2.09 bits per heavy atom. The third-order valence-electron chi connectivity index (χ3n) is 4.43.